The fourth-order valence-electron chi connectivity index (χ4n) is 7.35. The van der Waals surface area contributed by atoms with E-state index in [1.807, 2.05) is 12.1 Å². The van der Waals surface area contributed by atoms with Crippen molar-refractivity contribution in [3.63, 3.8) is 0 Å². The molecule has 0 radical (unpaired) electrons. The maximum absolute atomic E-state index is 14.1. The highest BCUT2D eigenvalue weighted by Gasteiger charge is 2.55. The Kier molecular flexibility index (Phi) is 9.76. The van der Waals surface area contributed by atoms with Crippen LogP contribution in [0.3, 0.4) is 0 Å². The lowest BCUT2D eigenvalue weighted by molar-refractivity contribution is -0.161. The SMILES string of the molecule is COc1cccc(C23CCN(CC4CC4)CC2C(OC(C)=O)CC(N(CC(C)C)C(=O)Cc2ccc(Cl)c(Cl)c2)C3)c1. The number of carbonyl (C=O) groups is 2. The van der Waals surface area contributed by atoms with E-state index in [1.54, 1.807) is 19.2 Å². The number of esters is 1. The molecule has 0 N–H and O–H groups in total. The normalized spacial score (nSPS) is 26.0. The van der Waals surface area contributed by atoms with Crippen LogP contribution in [0, 0.1) is 17.8 Å². The molecule has 228 valence electrons. The summed E-state index contributed by atoms with van der Waals surface area (Å²) in [7, 11) is 1.70. The van der Waals surface area contributed by atoms with E-state index in [0.717, 1.165) is 49.7 Å². The summed E-state index contributed by atoms with van der Waals surface area (Å²) in [5.41, 5.74) is 1.79. The molecule has 1 amide bonds. The first kappa shape index (κ1) is 31.2. The summed E-state index contributed by atoms with van der Waals surface area (Å²) in [5, 5.41) is 0.922. The van der Waals surface area contributed by atoms with Crippen molar-refractivity contribution in [3.8, 4) is 5.75 Å². The summed E-state index contributed by atoms with van der Waals surface area (Å²) >= 11 is 12.4. The monoisotopic (exact) mass is 614 g/mol. The van der Waals surface area contributed by atoms with Crippen molar-refractivity contribution >= 4 is 35.1 Å². The number of likely N-dealkylation sites (tertiary alicyclic amines) is 1. The Hall–Kier alpha value is -2.28. The molecule has 1 saturated heterocycles. The van der Waals surface area contributed by atoms with Gasteiger partial charge in [-0.1, -0.05) is 55.2 Å². The molecule has 8 heteroatoms. The number of piperidine rings is 1. The fraction of sp³-hybridized carbons (Fsp3) is 0.588. The van der Waals surface area contributed by atoms with E-state index >= 15 is 0 Å². The lowest BCUT2D eigenvalue weighted by atomic mass is 9.56. The van der Waals surface area contributed by atoms with E-state index < -0.39 is 0 Å². The number of benzene rings is 2. The Labute approximate surface area is 260 Å². The van der Waals surface area contributed by atoms with Gasteiger partial charge in [0.25, 0.3) is 0 Å². The third kappa shape index (κ3) is 7.09. The van der Waals surface area contributed by atoms with Gasteiger partial charge in [0.1, 0.15) is 11.9 Å². The number of methoxy groups -OCH3 is 1. The van der Waals surface area contributed by atoms with Crippen molar-refractivity contribution in [2.75, 3.05) is 33.3 Å². The topological polar surface area (TPSA) is 59.1 Å². The molecule has 0 bridgehead atoms. The van der Waals surface area contributed by atoms with Crippen molar-refractivity contribution in [2.45, 2.75) is 76.9 Å². The molecule has 0 spiro atoms. The van der Waals surface area contributed by atoms with Crippen molar-refractivity contribution in [2.24, 2.45) is 17.8 Å². The zero-order valence-corrected chi connectivity index (χ0v) is 26.8. The number of halogens is 2. The molecular formula is C34H44Cl2N2O4. The third-order valence-electron chi connectivity index (χ3n) is 9.43. The van der Waals surface area contributed by atoms with Crippen LogP contribution in [0.2, 0.25) is 10.0 Å². The van der Waals surface area contributed by atoms with Crippen LogP contribution in [0.15, 0.2) is 42.5 Å². The minimum absolute atomic E-state index is 0.0547. The highest BCUT2D eigenvalue weighted by molar-refractivity contribution is 6.42. The highest BCUT2D eigenvalue weighted by atomic mass is 35.5. The summed E-state index contributed by atoms with van der Waals surface area (Å²) < 4.78 is 11.8. The maximum atomic E-state index is 14.1. The number of amides is 1. The van der Waals surface area contributed by atoms with Crippen LogP contribution in [-0.2, 0) is 26.2 Å². The zero-order valence-electron chi connectivity index (χ0n) is 25.3. The molecule has 2 aromatic carbocycles. The Balaban J connectivity index is 1.52. The molecule has 0 aromatic heterocycles. The van der Waals surface area contributed by atoms with Gasteiger partial charge >= 0.3 is 5.97 Å². The largest absolute Gasteiger partial charge is 0.497 e. The van der Waals surface area contributed by atoms with Crippen molar-refractivity contribution in [3.05, 3.63) is 63.6 Å². The molecule has 4 atom stereocenters. The summed E-state index contributed by atoms with van der Waals surface area (Å²) in [6.07, 6.45) is 4.96. The minimum Gasteiger partial charge on any atom is -0.497 e. The lowest BCUT2D eigenvalue weighted by Gasteiger charge is -2.57. The standard InChI is InChI=1S/C34H44Cl2N2O4/c1-22(2)19-38(33(40)15-25-10-11-30(35)31(36)14-25)27-17-32(42-23(3)39)29-21-37(20-24-8-9-24)13-12-34(29,18-27)26-6-5-7-28(16-26)41-4/h5-7,10-11,14,16,22,24,27,29,32H,8-9,12-13,15,17-21H2,1-4H3. The molecule has 5 rings (SSSR count). The number of nitrogens with zero attached hydrogens (tertiary/aromatic N) is 2. The fourth-order valence-corrected chi connectivity index (χ4v) is 7.67. The Morgan fingerprint density at radius 1 is 1.12 bits per heavy atom. The molecule has 1 aliphatic heterocycles. The average Bonchev–Trinajstić information content (AvgIpc) is 3.77. The number of carbonyl (C=O) groups excluding carboxylic acids is 2. The molecule has 1 heterocycles. The summed E-state index contributed by atoms with van der Waals surface area (Å²) in [6, 6.07) is 13.7. The second kappa shape index (κ2) is 13.2. The van der Waals surface area contributed by atoms with Crippen LogP contribution in [0.5, 0.6) is 5.75 Å². The van der Waals surface area contributed by atoms with Crippen LogP contribution >= 0.6 is 23.2 Å². The molecule has 2 aliphatic carbocycles. The first-order valence-corrected chi connectivity index (χ1v) is 16.1. The van der Waals surface area contributed by atoms with E-state index in [2.05, 4.69) is 41.8 Å². The molecule has 6 nitrogen and oxygen atoms in total. The third-order valence-corrected chi connectivity index (χ3v) is 10.2. The molecule has 3 aliphatic rings. The first-order valence-electron chi connectivity index (χ1n) is 15.4. The second-order valence-corrected chi connectivity index (χ2v) is 13.9. The van der Waals surface area contributed by atoms with Crippen molar-refractivity contribution in [1.82, 2.24) is 9.80 Å². The van der Waals surface area contributed by atoms with Gasteiger partial charge < -0.3 is 19.3 Å². The van der Waals surface area contributed by atoms with Gasteiger partial charge in [-0.3, -0.25) is 9.59 Å². The van der Waals surface area contributed by atoms with Gasteiger partial charge in [-0.15, -0.1) is 0 Å². The van der Waals surface area contributed by atoms with Crippen LogP contribution in [-0.4, -0.2) is 67.1 Å². The van der Waals surface area contributed by atoms with Crippen LogP contribution in [0.4, 0.5) is 0 Å². The number of hydrogen-bond donors (Lipinski definition) is 0. The van der Waals surface area contributed by atoms with Gasteiger partial charge in [-0.05, 0) is 79.5 Å². The smallest absolute Gasteiger partial charge is 0.302 e. The minimum atomic E-state index is -0.290. The molecule has 3 fully saturated rings. The van der Waals surface area contributed by atoms with Gasteiger partial charge in [0, 0.05) is 50.4 Å². The maximum Gasteiger partial charge on any atom is 0.302 e. The predicted octanol–water partition coefficient (Wildman–Crippen LogP) is 6.79. The predicted molar refractivity (Wildman–Crippen MR) is 167 cm³/mol. The number of hydrogen-bond acceptors (Lipinski definition) is 5. The lowest BCUT2D eigenvalue weighted by Crippen LogP contribution is -2.62. The molecule has 2 saturated carbocycles. The summed E-state index contributed by atoms with van der Waals surface area (Å²) in [4.78, 5) is 31.2. The van der Waals surface area contributed by atoms with Gasteiger partial charge in [-0.25, -0.2) is 0 Å². The van der Waals surface area contributed by atoms with E-state index in [9.17, 15) is 9.59 Å². The number of ether oxygens (including phenoxy) is 2. The second-order valence-electron chi connectivity index (χ2n) is 13.1. The number of fused-ring (bicyclic) bond motifs is 1. The van der Waals surface area contributed by atoms with Gasteiger partial charge in [0.15, 0.2) is 0 Å². The van der Waals surface area contributed by atoms with E-state index in [4.69, 9.17) is 32.7 Å². The molecule has 42 heavy (non-hydrogen) atoms. The zero-order chi connectivity index (χ0) is 30.0. The van der Waals surface area contributed by atoms with Gasteiger partial charge in [0.05, 0.1) is 23.6 Å². The first-order chi connectivity index (χ1) is 20.1. The molecule has 2 aromatic rings. The van der Waals surface area contributed by atoms with E-state index in [1.165, 1.54) is 25.3 Å². The highest BCUT2D eigenvalue weighted by Crippen LogP contribution is 2.52. The number of rotatable bonds is 10. The van der Waals surface area contributed by atoms with Gasteiger partial charge in [0.2, 0.25) is 5.91 Å². The van der Waals surface area contributed by atoms with Gasteiger partial charge in [-0.2, -0.15) is 0 Å². The van der Waals surface area contributed by atoms with Crippen LogP contribution < -0.4 is 4.74 Å². The van der Waals surface area contributed by atoms with Crippen LogP contribution in [0.25, 0.3) is 0 Å². The van der Waals surface area contributed by atoms with Crippen LogP contribution in [0.1, 0.15) is 64.0 Å². The Morgan fingerprint density at radius 3 is 2.57 bits per heavy atom. The van der Waals surface area contributed by atoms with Crippen molar-refractivity contribution < 1.29 is 19.1 Å². The Bertz CT molecular complexity index is 1280. The average molecular weight is 616 g/mol. The summed E-state index contributed by atoms with van der Waals surface area (Å²) in [5.74, 6) is 1.81. The quantitative estimate of drug-likeness (QED) is 0.276. The van der Waals surface area contributed by atoms with Crippen molar-refractivity contribution in [1.29, 1.82) is 0 Å². The molecule has 4 unspecified atom stereocenters. The summed E-state index contributed by atoms with van der Waals surface area (Å²) in [6.45, 7) is 9.41. The Morgan fingerprint density at radius 2 is 1.90 bits per heavy atom. The molecular weight excluding hydrogens is 571 g/mol. The van der Waals surface area contributed by atoms with E-state index in [-0.39, 0.29) is 47.7 Å². The van der Waals surface area contributed by atoms with E-state index in [0.29, 0.717) is 23.0 Å².